The molecule has 0 amide bonds. The monoisotopic (exact) mass is 230 g/mol. The Morgan fingerprint density at radius 2 is 1.94 bits per heavy atom. The lowest BCUT2D eigenvalue weighted by molar-refractivity contribution is 0.378. The van der Waals surface area contributed by atoms with Crippen molar-refractivity contribution in [3.8, 4) is 17.2 Å². The fourth-order valence-electron chi connectivity index (χ4n) is 1.46. The Balaban J connectivity index is 2.24. The van der Waals surface area contributed by atoms with E-state index in [9.17, 15) is 0 Å². The third-order valence-electron chi connectivity index (χ3n) is 2.29. The molecule has 88 valence electrons. The maximum absolute atomic E-state index is 5.72. The van der Waals surface area contributed by atoms with Crippen molar-refractivity contribution in [2.45, 2.75) is 6.54 Å². The second-order valence-corrected chi connectivity index (χ2v) is 3.44. The lowest BCUT2D eigenvalue weighted by Gasteiger charge is -2.10. The van der Waals surface area contributed by atoms with Gasteiger partial charge in [-0.15, -0.1) is 0 Å². The highest BCUT2D eigenvalue weighted by atomic mass is 16.5. The first-order chi connectivity index (χ1) is 8.33. The average molecular weight is 230 g/mol. The van der Waals surface area contributed by atoms with Gasteiger partial charge in [0.15, 0.2) is 11.5 Å². The van der Waals surface area contributed by atoms with Crippen LogP contribution in [0.1, 0.15) is 5.69 Å². The van der Waals surface area contributed by atoms with Crippen LogP contribution in [0.25, 0.3) is 0 Å². The van der Waals surface area contributed by atoms with Crippen LogP contribution in [0.2, 0.25) is 0 Å². The SMILES string of the molecule is COc1ccccc1Oc1ccnc(CN)c1. The van der Waals surface area contributed by atoms with Gasteiger partial charge in [-0.3, -0.25) is 4.98 Å². The number of rotatable bonds is 4. The van der Waals surface area contributed by atoms with Gasteiger partial charge in [0.2, 0.25) is 0 Å². The second-order valence-electron chi connectivity index (χ2n) is 3.44. The number of methoxy groups -OCH3 is 1. The Labute approximate surface area is 100 Å². The molecule has 1 aromatic carbocycles. The molecule has 0 saturated heterocycles. The minimum absolute atomic E-state index is 0.392. The summed E-state index contributed by atoms with van der Waals surface area (Å²) in [6.45, 7) is 0.392. The summed E-state index contributed by atoms with van der Waals surface area (Å²) in [6.07, 6.45) is 1.67. The summed E-state index contributed by atoms with van der Waals surface area (Å²) < 4.78 is 10.9. The Morgan fingerprint density at radius 3 is 2.65 bits per heavy atom. The minimum atomic E-state index is 0.392. The number of hydrogen-bond donors (Lipinski definition) is 1. The zero-order chi connectivity index (χ0) is 12.1. The molecule has 0 aliphatic heterocycles. The predicted molar refractivity (Wildman–Crippen MR) is 65.2 cm³/mol. The first-order valence-corrected chi connectivity index (χ1v) is 5.29. The van der Waals surface area contributed by atoms with E-state index in [1.165, 1.54) is 0 Å². The summed E-state index contributed by atoms with van der Waals surface area (Å²) in [5, 5.41) is 0. The van der Waals surface area contributed by atoms with Gasteiger partial charge >= 0.3 is 0 Å². The summed E-state index contributed by atoms with van der Waals surface area (Å²) in [6, 6.07) is 11.1. The largest absolute Gasteiger partial charge is 0.493 e. The Hall–Kier alpha value is -2.07. The number of hydrogen-bond acceptors (Lipinski definition) is 4. The van der Waals surface area contributed by atoms with Gasteiger partial charge in [-0.1, -0.05) is 12.1 Å². The minimum Gasteiger partial charge on any atom is -0.493 e. The Morgan fingerprint density at radius 1 is 1.18 bits per heavy atom. The number of ether oxygens (including phenoxy) is 2. The van der Waals surface area contributed by atoms with Crippen molar-refractivity contribution in [3.05, 3.63) is 48.3 Å². The van der Waals surface area contributed by atoms with Gasteiger partial charge in [0, 0.05) is 18.8 Å². The molecule has 4 nitrogen and oxygen atoms in total. The summed E-state index contributed by atoms with van der Waals surface area (Å²) in [5.74, 6) is 2.06. The van der Waals surface area contributed by atoms with E-state index < -0.39 is 0 Å². The second kappa shape index (κ2) is 5.32. The van der Waals surface area contributed by atoms with Gasteiger partial charge in [-0.25, -0.2) is 0 Å². The molecule has 0 spiro atoms. The van der Waals surface area contributed by atoms with Crippen LogP contribution >= 0.6 is 0 Å². The van der Waals surface area contributed by atoms with Crippen molar-refractivity contribution in [3.63, 3.8) is 0 Å². The molecule has 0 saturated carbocycles. The molecule has 0 fully saturated rings. The Kier molecular flexibility index (Phi) is 3.57. The summed E-state index contributed by atoms with van der Waals surface area (Å²) >= 11 is 0. The summed E-state index contributed by atoms with van der Waals surface area (Å²) in [7, 11) is 1.61. The quantitative estimate of drug-likeness (QED) is 0.875. The van der Waals surface area contributed by atoms with Crippen molar-refractivity contribution in [1.29, 1.82) is 0 Å². The van der Waals surface area contributed by atoms with Gasteiger partial charge in [-0.05, 0) is 18.2 Å². The van der Waals surface area contributed by atoms with Gasteiger partial charge in [-0.2, -0.15) is 0 Å². The molecular formula is C13H14N2O2. The van der Waals surface area contributed by atoms with E-state index in [1.54, 1.807) is 19.4 Å². The van der Waals surface area contributed by atoms with Crippen molar-refractivity contribution in [2.24, 2.45) is 5.73 Å². The molecular weight excluding hydrogens is 216 g/mol. The lowest BCUT2D eigenvalue weighted by atomic mass is 10.3. The molecule has 1 aromatic heterocycles. The summed E-state index contributed by atoms with van der Waals surface area (Å²) in [4.78, 5) is 4.11. The van der Waals surface area contributed by atoms with Crippen LogP contribution in [-0.4, -0.2) is 12.1 Å². The molecule has 0 aliphatic carbocycles. The van der Waals surface area contributed by atoms with Gasteiger partial charge < -0.3 is 15.2 Å². The van der Waals surface area contributed by atoms with E-state index in [0.717, 1.165) is 5.69 Å². The molecule has 4 heteroatoms. The first-order valence-electron chi connectivity index (χ1n) is 5.29. The van der Waals surface area contributed by atoms with Crippen molar-refractivity contribution in [2.75, 3.05) is 7.11 Å². The number of benzene rings is 1. The van der Waals surface area contributed by atoms with Crippen molar-refractivity contribution in [1.82, 2.24) is 4.98 Å². The third-order valence-corrected chi connectivity index (χ3v) is 2.29. The number of nitrogens with zero attached hydrogens (tertiary/aromatic N) is 1. The zero-order valence-corrected chi connectivity index (χ0v) is 9.59. The topological polar surface area (TPSA) is 57.4 Å². The van der Waals surface area contributed by atoms with Crippen molar-refractivity contribution >= 4 is 0 Å². The van der Waals surface area contributed by atoms with Crippen LogP contribution in [0.4, 0.5) is 0 Å². The van der Waals surface area contributed by atoms with Gasteiger partial charge in [0.05, 0.1) is 12.8 Å². The van der Waals surface area contributed by atoms with Crippen LogP contribution in [-0.2, 0) is 6.54 Å². The van der Waals surface area contributed by atoms with Crippen molar-refractivity contribution < 1.29 is 9.47 Å². The predicted octanol–water partition coefficient (Wildman–Crippen LogP) is 2.34. The molecule has 2 N–H and O–H groups in total. The molecule has 0 atom stereocenters. The number of para-hydroxylation sites is 2. The van der Waals surface area contributed by atoms with Crippen LogP contribution in [0.15, 0.2) is 42.6 Å². The van der Waals surface area contributed by atoms with Crippen LogP contribution < -0.4 is 15.2 Å². The number of nitrogens with two attached hydrogens (primary N) is 1. The van der Waals surface area contributed by atoms with E-state index in [-0.39, 0.29) is 0 Å². The maximum Gasteiger partial charge on any atom is 0.169 e. The molecule has 2 rings (SSSR count). The standard InChI is InChI=1S/C13H14N2O2/c1-16-12-4-2-3-5-13(12)17-11-6-7-15-10(8-11)9-14/h2-8H,9,14H2,1H3. The fourth-order valence-corrected chi connectivity index (χ4v) is 1.46. The van der Waals surface area contributed by atoms with E-state index >= 15 is 0 Å². The molecule has 0 unspecified atom stereocenters. The van der Waals surface area contributed by atoms with E-state index in [0.29, 0.717) is 23.8 Å². The molecule has 2 aromatic rings. The highest BCUT2D eigenvalue weighted by molar-refractivity contribution is 5.42. The Bertz CT molecular complexity index is 500. The number of pyridine rings is 1. The van der Waals surface area contributed by atoms with Gasteiger partial charge in [0.1, 0.15) is 5.75 Å². The highest BCUT2D eigenvalue weighted by Crippen LogP contribution is 2.30. The molecule has 1 heterocycles. The zero-order valence-electron chi connectivity index (χ0n) is 9.59. The normalized spacial score (nSPS) is 10.0. The van der Waals surface area contributed by atoms with E-state index in [1.807, 2.05) is 30.3 Å². The maximum atomic E-state index is 5.72. The fraction of sp³-hybridized carbons (Fsp3) is 0.154. The van der Waals surface area contributed by atoms with Crippen LogP contribution in [0, 0.1) is 0 Å². The van der Waals surface area contributed by atoms with E-state index in [2.05, 4.69) is 4.98 Å². The first kappa shape index (κ1) is 11.4. The number of aromatic nitrogens is 1. The third kappa shape index (κ3) is 2.73. The lowest BCUT2D eigenvalue weighted by Crippen LogP contribution is -1.99. The molecule has 0 bridgehead atoms. The van der Waals surface area contributed by atoms with E-state index in [4.69, 9.17) is 15.2 Å². The molecule has 0 aliphatic rings. The smallest absolute Gasteiger partial charge is 0.169 e. The van der Waals surface area contributed by atoms with Gasteiger partial charge in [0.25, 0.3) is 0 Å². The summed E-state index contributed by atoms with van der Waals surface area (Å²) in [5.41, 5.74) is 6.31. The van der Waals surface area contributed by atoms with Crippen LogP contribution in [0.5, 0.6) is 17.2 Å². The average Bonchev–Trinajstić information content (AvgIpc) is 2.39. The van der Waals surface area contributed by atoms with Crippen LogP contribution in [0.3, 0.4) is 0 Å². The molecule has 17 heavy (non-hydrogen) atoms. The highest BCUT2D eigenvalue weighted by Gasteiger charge is 2.04. The molecule has 0 radical (unpaired) electrons.